The molecule has 12 nitrogen and oxygen atoms in total. The molecule has 1 aromatic carbocycles. The SMILES string of the molecule is O=C(NCC(O)CO)c1c(Br)c(C(=O)NCC(O)CO)c(Br)c(N(CCO)C(=O)CO)c1Br. The fraction of sp³-hybridized carbons (Fsp3) is 0.500. The fourth-order valence-electron chi connectivity index (χ4n) is 2.56. The Bertz CT molecular complexity index is 819. The molecule has 0 spiro atoms. The zero-order valence-corrected chi connectivity index (χ0v) is 21.9. The fourth-order valence-corrected chi connectivity index (χ4v) is 5.70. The van der Waals surface area contributed by atoms with Crippen LogP contribution in [0.1, 0.15) is 20.7 Å². The Hall–Kier alpha value is -1.17. The first-order valence-corrected chi connectivity index (χ1v) is 11.8. The number of amides is 3. The number of aliphatic hydroxyl groups excluding tert-OH is 6. The monoisotopic (exact) mass is 663 g/mol. The van der Waals surface area contributed by atoms with Crippen molar-refractivity contribution in [3.05, 3.63) is 24.5 Å². The molecule has 8 N–H and O–H groups in total. The Labute approximate surface area is 214 Å². The van der Waals surface area contributed by atoms with E-state index in [1.807, 2.05) is 0 Å². The minimum atomic E-state index is -1.24. The largest absolute Gasteiger partial charge is 0.395 e. The minimum Gasteiger partial charge on any atom is -0.395 e. The molecule has 0 aliphatic heterocycles. The Morgan fingerprint density at radius 1 is 0.788 bits per heavy atom. The Morgan fingerprint density at radius 2 is 1.21 bits per heavy atom. The Morgan fingerprint density at radius 3 is 1.55 bits per heavy atom. The molecular formula is C18H24Br3N3O9. The van der Waals surface area contributed by atoms with Crippen LogP contribution >= 0.6 is 47.8 Å². The molecule has 0 saturated heterocycles. The van der Waals surface area contributed by atoms with Gasteiger partial charge in [0, 0.05) is 24.1 Å². The van der Waals surface area contributed by atoms with E-state index in [4.69, 9.17) is 10.2 Å². The summed E-state index contributed by atoms with van der Waals surface area (Å²) in [6.45, 7) is -3.57. The summed E-state index contributed by atoms with van der Waals surface area (Å²) in [5, 5.41) is 60.5. The van der Waals surface area contributed by atoms with Gasteiger partial charge in [0.2, 0.25) is 0 Å². The van der Waals surface area contributed by atoms with Gasteiger partial charge in [-0.3, -0.25) is 14.4 Å². The number of aliphatic hydroxyl groups is 6. The quantitative estimate of drug-likeness (QED) is 0.130. The summed E-state index contributed by atoms with van der Waals surface area (Å²) >= 11 is 9.68. The van der Waals surface area contributed by atoms with Crippen molar-refractivity contribution in [2.45, 2.75) is 12.2 Å². The van der Waals surface area contributed by atoms with Crippen molar-refractivity contribution in [2.24, 2.45) is 0 Å². The molecule has 33 heavy (non-hydrogen) atoms. The Kier molecular flexibility index (Phi) is 12.9. The van der Waals surface area contributed by atoms with Gasteiger partial charge in [-0.1, -0.05) is 0 Å². The highest BCUT2D eigenvalue weighted by Gasteiger charge is 2.32. The van der Waals surface area contributed by atoms with E-state index in [0.29, 0.717) is 0 Å². The molecule has 0 saturated carbocycles. The second-order valence-corrected chi connectivity index (χ2v) is 8.94. The highest BCUT2D eigenvalue weighted by atomic mass is 79.9. The van der Waals surface area contributed by atoms with Crippen LogP contribution in [0.25, 0.3) is 0 Å². The van der Waals surface area contributed by atoms with Crippen LogP contribution in [-0.2, 0) is 4.79 Å². The molecule has 2 unspecified atom stereocenters. The van der Waals surface area contributed by atoms with Crippen LogP contribution in [0.3, 0.4) is 0 Å². The smallest absolute Gasteiger partial charge is 0.253 e. The normalized spacial score (nSPS) is 12.8. The van der Waals surface area contributed by atoms with Crippen LogP contribution in [0.4, 0.5) is 5.69 Å². The molecule has 0 aliphatic rings. The van der Waals surface area contributed by atoms with Gasteiger partial charge >= 0.3 is 0 Å². The predicted molar refractivity (Wildman–Crippen MR) is 127 cm³/mol. The van der Waals surface area contributed by atoms with E-state index in [1.54, 1.807) is 0 Å². The summed E-state index contributed by atoms with van der Waals surface area (Å²) in [6.07, 6.45) is -2.49. The summed E-state index contributed by atoms with van der Waals surface area (Å²) in [5.74, 6) is -2.42. The lowest BCUT2D eigenvalue weighted by Crippen LogP contribution is -2.39. The van der Waals surface area contributed by atoms with Crippen molar-refractivity contribution >= 4 is 71.2 Å². The molecule has 186 valence electrons. The van der Waals surface area contributed by atoms with Crippen molar-refractivity contribution in [1.29, 1.82) is 0 Å². The zero-order valence-electron chi connectivity index (χ0n) is 17.1. The predicted octanol–water partition coefficient (Wildman–Crippen LogP) is -1.54. The Balaban J connectivity index is 3.71. The van der Waals surface area contributed by atoms with E-state index in [1.165, 1.54) is 0 Å². The number of nitrogens with zero attached hydrogens (tertiary/aromatic N) is 1. The standard InChI is InChI=1S/C18H24Br3N3O9/c19-13-11(17(32)22-3-8(29)5-26)14(20)16(24(1-2-25)10(31)7-28)15(21)12(13)18(33)23-4-9(30)6-27/h8-9,25-30H,1-7H2,(H,22,32)(H,23,33). The van der Waals surface area contributed by atoms with Gasteiger partial charge in [0.1, 0.15) is 6.61 Å². The highest BCUT2D eigenvalue weighted by Crippen LogP contribution is 2.44. The number of benzene rings is 1. The third-order valence-corrected chi connectivity index (χ3v) is 6.53. The molecule has 0 radical (unpaired) electrons. The van der Waals surface area contributed by atoms with Crippen molar-refractivity contribution < 1.29 is 45.0 Å². The van der Waals surface area contributed by atoms with Gasteiger partial charge in [-0.2, -0.15) is 0 Å². The topological polar surface area (TPSA) is 200 Å². The summed E-state index contributed by atoms with van der Waals surface area (Å²) in [5.41, 5.74) is -0.383. The van der Waals surface area contributed by atoms with E-state index in [-0.39, 0.29) is 49.9 Å². The molecule has 0 fully saturated rings. The molecule has 0 heterocycles. The van der Waals surface area contributed by atoms with Gasteiger partial charge in [0.15, 0.2) is 0 Å². The lowest BCUT2D eigenvalue weighted by Gasteiger charge is -2.27. The number of hydrogen-bond acceptors (Lipinski definition) is 9. The summed E-state index contributed by atoms with van der Waals surface area (Å²) < 4.78 is -0.00349. The molecule has 1 rings (SSSR count). The van der Waals surface area contributed by atoms with Gasteiger partial charge < -0.3 is 46.2 Å². The van der Waals surface area contributed by atoms with Gasteiger partial charge in [0.05, 0.1) is 57.8 Å². The minimum absolute atomic E-state index is 0.0134. The maximum Gasteiger partial charge on any atom is 0.253 e. The first-order chi connectivity index (χ1) is 15.5. The molecule has 0 bridgehead atoms. The van der Waals surface area contributed by atoms with Gasteiger partial charge in [-0.15, -0.1) is 0 Å². The van der Waals surface area contributed by atoms with Crippen molar-refractivity contribution in [3.8, 4) is 0 Å². The van der Waals surface area contributed by atoms with Crippen LogP contribution in [0, 0.1) is 0 Å². The zero-order chi connectivity index (χ0) is 25.3. The van der Waals surface area contributed by atoms with E-state index in [9.17, 15) is 34.8 Å². The molecular weight excluding hydrogens is 642 g/mol. The first-order valence-electron chi connectivity index (χ1n) is 9.42. The highest BCUT2D eigenvalue weighted by molar-refractivity contribution is 9.11. The number of carbonyl (C=O) groups is 3. The van der Waals surface area contributed by atoms with Gasteiger partial charge in [-0.05, 0) is 47.8 Å². The van der Waals surface area contributed by atoms with Crippen LogP contribution < -0.4 is 15.5 Å². The molecule has 15 heteroatoms. The third kappa shape index (κ3) is 7.66. The summed E-state index contributed by atoms with van der Waals surface area (Å²) in [7, 11) is 0. The maximum absolute atomic E-state index is 12.9. The van der Waals surface area contributed by atoms with Gasteiger partial charge in [-0.25, -0.2) is 0 Å². The lowest BCUT2D eigenvalue weighted by atomic mass is 10.1. The second kappa shape index (κ2) is 14.3. The van der Waals surface area contributed by atoms with E-state index in [0.717, 1.165) is 4.90 Å². The molecule has 2 atom stereocenters. The van der Waals surface area contributed by atoms with Crippen LogP contribution in [0.2, 0.25) is 0 Å². The van der Waals surface area contributed by atoms with Crippen LogP contribution in [0.15, 0.2) is 13.4 Å². The number of rotatable bonds is 12. The molecule has 0 aliphatic carbocycles. The average Bonchev–Trinajstić information content (AvgIpc) is 2.79. The van der Waals surface area contributed by atoms with Crippen LogP contribution in [-0.4, -0.2) is 107 Å². The number of halogens is 3. The molecule has 0 aromatic heterocycles. The number of anilines is 1. The third-order valence-electron chi connectivity index (χ3n) is 4.20. The number of hydrogen-bond donors (Lipinski definition) is 8. The number of carbonyl (C=O) groups excluding carboxylic acids is 3. The van der Waals surface area contributed by atoms with E-state index >= 15 is 0 Å². The average molecular weight is 666 g/mol. The summed E-state index contributed by atoms with van der Waals surface area (Å²) in [6, 6.07) is 0. The van der Waals surface area contributed by atoms with Gasteiger partial charge in [0.25, 0.3) is 17.7 Å². The molecule has 3 amide bonds. The van der Waals surface area contributed by atoms with Crippen LogP contribution in [0.5, 0.6) is 0 Å². The van der Waals surface area contributed by atoms with Crippen molar-refractivity contribution in [2.75, 3.05) is 51.0 Å². The summed E-state index contributed by atoms with van der Waals surface area (Å²) in [4.78, 5) is 39.1. The first kappa shape index (κ1) is 29.9. The molecule has 1 aromatic rings. The maximum atomic E-state index is 12.9. The van der Waals surface area contributed by atoms with Crippen molar-refractivity contribution in [3.63, 3.8) is 0 Å². The lowest BCUT2D eigenvalue weighted by molar-refractivity contribution is -0.121. The second-order valence-electron chi connectivity index (χ2n) is 6.56. The van der Waals surface area contributed by atoms with E-state index < -0.39 is 56.4 Å². The van der Waals surface area contributed by atoms with E-state index in [2.05, 4.69) is 58.4 Å². The van der Waals surface area contributed by atoms with Crippen molar-refractivity contribution in [1.82, 2.24) is 10.6 Å². The number of nitrogens with one attached hydrogen (secondary N) is 2.